The molecule has 112 valence electrons. The molecule has 0 fully saturated rings. The molecule has 1 amide bonds. The van der Waals surface area contributed by atoms with Crippen LogP contribution in [0.2, 0.25) is 0 Å². The van der Waals surface area contributed by atoms with E-state index in [0.29, 0.717) is 11.7 Å². The number of nitrogens with zero attached hydrogens (tertiary/aromatic N) is 2. The van der Waals surface area contributed by atoms with Gasteiger partial charge in [-0.1, -0.05) is 29.4 Å². The third-order valence-electron chi connectivity index (χ3n) is 3.29. The van der Waals surface area contributed by atoms with Gasteiger partial charge in [-0.2, -0.15) is 4.98 Å². The van der Waals surface area contributed by atoms with Crippen LogP contribution < -0.4 is 5.32 Å². The molecule has 0 bridgehead atoms. The number of amides is 1. The Bertz CT molecular complexity index is 778. The fraction of sp³-hybridized carbons (Fsp3) is 0.188. The Morgan fingerprint density at radius 3 is 2.77 bits per heavy atom. The van der Waals surface area contributed by atoms with E-state index in [9.17, 15) is 4.79 Å². The van der Waals surface area contributed by atoms with Crippen LogP contribution in [0.5, 0.6) is 0 Å². The topological polar surface area (TPSA) is 81.2 Å². The number of carbonyl (C=O) groups is 1. The summed E-state index contributed by atoms with van der Waals surface area (Å²) in [4.78, 5) is 16.3. The van der Waals surface area contributed by atoms with Crippen LogP contribution >= 0.6 is 0 Å². The van der Waals surface area contributed by atoms with Crippen molar-refractivity contribution in [2.45, 2.75) is 19.9 Å². The van der Waals surface area contributed by atoms with E-state index in [1.807, 2.05) is 31.2 Å². The van der Waals surface area contributed by atoms with Crippen molar-refractivity contribution in [2.75, 3.05) is 0 Å². The Kier molecular flexibility index (Phi) is 3.74. The minimum Gasteiger partial charge on any atom is -0.459 e. The molecular weight excluding hydrogens is 282 g/mol. The first-order valence-corrected chi connectivity index (χ1v) is 6.89. The first kappa shape index (κ1) is 14.1. The SMILES string of the molecule is Cc1ccccc1-c1noc([C@H](C)NC(=O)c2ccco2)n1. The summed E-state index contributed by atoms with van der Waals surface area (Å²) < 4.78 is 10.3. The molecule has 22 heavy (non-hydrogen) atoms. The zero-order chi connectivity index (χ0) is 15.5. The number of nitrogens with one attached hydrogen (secondary N) is 1. The molecule has 0 aliphatic carbocycles. The molecule has 1 atom stereocenters. The van der Waals surface area contributed by atoms with Crippen molar-refractivity contribution in [1.82, 2.24) is 15.5 Å². The highest BCUT2D eigenvalue weighted by Gasteiger charge is 2.19. The van der Waals surface area contributed by atoms with E-state index in [4.69, 9.17) is 8.94 Å². The normalized spacial score (nSPS) is 12.1. The van der Waals surface area contributed by atoms with Crippen molar-refractivity contribution in [3.05, 3.63) is 59.9 Å². The summed E-state index contributed by atoms with van der Waals surface area (Å²) in [7, 11) is 0. The molecule has 2 heterocycles. The number of benzene rings is 1. The average molecular weight is 297 g/mol. The summed E-state index contributed by atoms with van der Waals surface area (Å²) in [6.45, 7) is 3.75. The van der Waals surface area contributed by atoms with Crippen molar-refractivity contribution in [1.29, 1.82) is 0 Å². The van der Waals surface area contributed by atoms with Crippen molar-refractivity contribution >= 4 is 5.91 Å². The lowest BCUT2D eigenvalue weighted by Crippen LogP contribution is -2.26. The van der Waals surface area contributed by atoms with Crippen LogP contribution in [0, 0.1) is 6.92 Å². The highest BCUT2D eigenvalue weighted by Crippen LogP contribution is 2.21. The van der Waals surface area contributed by atoms with Crippen LogP contribution in [-0.4, -0.2) is 16.0 Å². The molecule has 6 heteroatoms. The van der Waals surface area contributed by atoms with Crippen molar-refractivity contribution in [3.8, 4) is 11.4 Å². The van der Waals surface area contributed by atoms with Gasteiger partial charge in [-0.3, -0.25) is 4.79 Å². The van der Waals surface area contributed by atoms with Crippen LogP contribution in [0.25, 0.3) is 11.4 Å². The van der Waals surface area contributed by atoms with E-state index in [0.717, 1.165) is 11.1 Å². The zero-order valence-electron chi connectivity index (χ0n) is 12.2. The minimum absolute atomic E-state index is 0.241. The molecule has 0 aliphatic rings. The lowest BCUT2D eigenvalue weighted by molar-refractivity contribution is 0.0904. The molecule has 3 aromatic rings. The van der Waals surface area contributed by atoms with Gasteiger partial charge < -0.3 is 14.3 Å². The fourth-order valence-electron chi connectivity index (χ4n) is 2.08. The summed E-state index contributed by atoms with van der Waals surface area (Å²) in [5.74, 6) is 0.768. The number of aromatic nitrogens is 2. The van der Waals surface area contributed by atoms with Gasteiger partial charge in [-0.05, 0) is 31.5 Å². The predicted octanol–water partition coefficient (Wildman–Crippen LogP) is 3.13. The van der Waals surface area contributed by atoms with Gasteiger partial charge in [0, 0.05) is 5.56 Å². The molecule has 0 unspecified atom stereocenters. The van der Waals surface area contributed by atoms with Crippen LogP contribution in [-0.2, 0) is 0 Å². The highest BCUT2D eigenvalue weighted by molar-refractivity contribution is 5.91. The van der Waals surface area contributed by atoms with Crippen LogP contribution in [0.1, 0.15) is 35.0 Å². The minimum atomic E-state index is -0.414. The standard InChI is InChI=1S/C16H15N3O3/c1-10-6-3-4-7-12(10)14-18-16(22-19-14)11(2)17-15(20)13-8-5-9-21-13/h3-9,11H,1-2H3,(H,17,20)/t11-/m0/s1. The summed E-state index contributed by atoms with van der Waals surface area (Å²) in [6.07, 6.45) is 1.45. The third-order valence-corrected chi connectivity index (χ3v) is 3.29. The first-order chi connectivity index (χ1) is 10.6. The summed E-state index contributed by atoms with van der Waals surface area (Å²) in [5, 5.41) is 6.73. The lowest BCUT2D eigenvalue weighted by Gasteiger charge is -2.07. The molecule has 1 aromatic carbocycles. The Labute approximate surface area is 127 Å². The molecule has 1 N–H and O–H groups in total. The smallest absolute Gasteiger partial charge is 0.287 e. The predicted molar refractivity (Wildman–Crippen MR) is 79.1 cm³/mol. The monoisotopic (exact) mass is 297 g/mol. The van der Waals surface area contributed by atoms with Crippen molar-refractivity contribution < 1.29 is 13.7 Å². The Morgan fingerprint density at radius 1 is 1.23 bits per heavy atom. The fourth-order valence-corrected chi connectivity index (χ4v) is 2.08. The Balaban J connectivity index is 1.76. The van der Waals surface area contributed by atoms with Crippen LogP contribution in [0.4, 0.5) is 0 Å². The quantitative estimate of drug-likeness (QED) is 0.800. The Hall–Kier alpha value is -2.89. The van der Waals surface area contributed by atoms with Crippen LogP contribution in [0.15, 0.2) is 51.6 Å². The van der Waals surface area contributed by atoms with Gasteiger partial charge in [0.05, 0.1) is 6.26 Å². The highest BCUT2D eigenvalue weighted by atomic mass is 16.5. The number of aryl methyl sites for hydroxylation is 1. The maximum Gasteiger partial charge on any atom is 0.287 e. The maximum atomic E-state index is 11.9. The van der Waals surface area contributed by atoms with Crippen LogP contribution in [0.3, 0.4) is 0 Å². The van der Waals surface area contributed by atoms with E-state index in [-0.39, 0.29) is 11.7 Å². The van der Waals surface area contributed by atoms with Gasteiger partial charge in [0.25, 0.3) is 5.91 Å². The van der Waals surface area contributed by atoms with Gasteiger partial charge in [-0.15, -0.1) is 0 Å². The van der Waals surface area contributed by atoms with Crippen molar-refractivity contribution in [2.24, 2.45) is 0 Å². The van der Waals surface area contributed by atoms with Gasteiger partial charge in [-0.25, -0.2) is 0 Å². The van der Waals surface area contributed by atoms with Gasteiger partial charge in [0.2, 0.25) is 11.7 Å². The molecule has 3 rings (SSSR count). The molecule has 2 aromatic heterocycles. The average Bonchev–Trinajstić information content (AvgIpc) is 3.19. The second kappa shape index (κ2) is 5.85. The summed E-state index contributed by atoms with van der Waals surface area (Å²) >= 11 is 0. The first-order valence-electron chi connectivity index (χ1n) is 6.89. The summed E-state index contributed by atoms with van der Waals surface area (Å²) in [6, 6.07) is 10.6. The van der Waals surface area contributed by atoms with Gasteiger partial charge in [0.15, 0.2) is 5.76 Å². The van der Waals surface area contributed by atoms with Crippen molar-refractivity contribution in [3.63, 3.8) is 0 Å². The number of hydrogen-bond acceptors (Lipinski definition) is 5. The second-order valence-electron chi connectivity index (χ2n) is 4.94. The number of rotatable bonds is 4. The molecule has 0 saturated carbocycles. The zero-order valence-corrected chi connectivity index (χ0v) is 12.2. The molecular formula is C16H15N3O3. The summed E-state index contributed by atoms with van der Waals surface area (Å²) in [5.41, 5.74) is 1.96. The van der Waals surface area contributed by atoms with E-state index < -0.39 is 6.04 Å². The van der Waals surface area contributed by atoms with E-state index in [1.54, 1.807) is 19.1 Å². The number of hydrogen-bond donors (Lipinski definition) is 1. The van der Waals surface area contributed by atoms with Gasteiger partial charge >= 0.3 is 0 Å². The lowest BCUT2D eigenvalue weighted by atomic mass is 10.1. The number of furan rings is 1. The molecule has 0 aliphatic heterocycles. The van der Waals surface area contributed by atoms with E-state index in [1.165, 1.54) is 6.26 Å². The largest absolute Gasteiger partial charge is 0.459 e. The van der Waals surface area contributed by atoms with Gasteiger partial charge in [0.1, 0.15) is 6.04 Å². The molecule has 6 nitrogen and oxygen atoms in total. The second-order valence-corrected chi connectivity index (χ2v) is 4.94. The maximum absolute atomic E-state index is 11.9. The number of carbonyl (C=O) groups excluding carboxylic acids is 1. The molecule has 0 radical (unpaired) electrons. The van der Waals surface area contributed by atoms with E-state index in [2.05, 4.69) is 15.5 Å². The molecule has 0 spiro atoms. The Morgan fingerprint density at radius 2 is 2.05 bits per heavy atom. The third kappa shape index (κ3) is 2.76. The van der Waals surface area contributed by atoms with E-state index >= 15 is 0 Å². The molecule has 0 saturated heterocycles.